The molecule has 2 nitrogen and oxygen atoms in total. The van der Waals surface area contributed by atoms with Gasteiger partial charge in [-0.2, -0.15) is 0 Å². The standard InChI is InChI=1S/C20H27NO.C2H6/c1-6-9-13-18(8-3)17(4)12-10-14-19(21-5)15-16-20(22)11-7-2;1-2/h6-7,9-11,13-16,22H,2,4,8,12H2,1,3,5H3;1-2H3/b9-6-,14-10-,16-15+,18-13+,20-11-,21-19?;. The van der Waals surface area contributed by atoms with Crippen LogP contribution < -0.4 is 0 Å². The quantitative estimate of drug-likeness (QED) is 0.286. The molecular formula is C22H33NO. The molecule has 0 aliphatic carbocycles. The first-order chi connectivity index (χ1) is 11.6. The molecule has 0 atom stereocenters. The van der Waals surface area contributed by atoms with Crippen molar-refractivity contribution in [3.63, 3.8) is 0 Å². The molecule has 0 amide bonds. The topological polar surface area (TPSA) is 32.6 Å². The van der Waals surface area contributed by atoms with Crippen molar-refractivity contribution in [2.24, 2.45) is 4.99 Å². The van der Waals surface area contributed by atoms with Gasteiger partial charge in [0.05, 0.1) is 5.71 Å². The third-order valence-electron chi connectivity index (χ3n) is 2.95. The first-order valence-corrected chi connectivity index (χ1v) is 8.42. The van der Waals surface area contributed by atoms with Gasteiger partial charge >= 0.3 is 0 Å². The summed E-state index contributed by atoms with van der Waals surface area (Å²) >= 11 is 0. The van der Waals surface area contributed by atoms with Gasteiger partial charge in [-0.1, -0.05) is 64.3 Å². The molecule has 0 aliphatic rings. The number of allylic oxidation sites excluding steroid dienone is 11. The van der Waals surface area contributed by atoms with Crippen molar-refractivity contribution >= 4 is 5.71 Å². The fraction of sp³-hybridized carbons (Fsp3) is 0.318. The highest BCUT2D eigenvalue weighted by atomic mass is 16.3. The van der Waals surface area contributed by atoms with Crippen LogP contribution in [0.5, 0.6) is 0 Å². The van der Waals surface area contributed by atoms with Gasteiger partial charge in [-0.05, 0) is 55.2 Å². The van der Waals surface area contributed by atoms with Gasteiger partial charge in [0.25, 0.3) is 0 Å². The summed E-state index contributed by atoms with van der Waals surface area (Å²) in [4.78, 5) is 4.16. The Morgan fingerprint density at radius 3 is 2.29 bits per heavy atom. The molecule has 0 aromatic carbocycles. The number of aliphatic hydroxyl groups is 1. The third kappa shape index (κ3) is 12.2. The Hall–Kier alpha value is -2.35. The van der Waals surface area contributed by atoms with Crippen molar-refractivity contribution in [3.8, 4) is 0 Å². The molecule has 132 valence electrons. The molecule has 0 aromatic rings. The van der Waals surface area contributed by atoms with Crippen LogP contribution in [0.15, 0.2) is 89.7 Å². The Bertz CT molecular complexity index is 540. The SMILES string of the molecule is C=C/C=C(O)/C=C/C(/C=C\CC(=C)/C(=C/C=C\C)CC)=NC.CC. The van der Waals surface area contributed by atoms with Crippen molar-refractivity contribution in [3.05, 3.63) is 84.7 Å². The minimum absolute atomic E-state index is 0.150. The lowest BCUT2D eigenvalue weighted by atomic mass is 10.0. The van der Waals surface area contributed by atoms with Crippen LogP contribution in [0.1, 0.15) is 40.5 Å². The smallest absolute Gasteiger partial charge is 0.115 e. The summed E-state index contributed by atoms with van der Waals surface area (Å²) in [7, 11) is 1.72. The molecule has 0 saturated carbocycles. The minimum Gasteiger partial charge on any atom is -0.508 e. The molecule has 0 aromatic heterocycles. The Morgan fingerprint density at radius 1 is 1.12 bits per heavy atom. The largest absolute Gasteiger partial charge is 0.508 e. The Morgan fingerprint density at radius 2 is 1.79 bits per heavy atom. The molecule has 0 heterocycles. The maximum absolute atomic E-state index is 9.49. The van der Waals surface area contributed by atoms with Crippen LogP contribution in [-0.4, -0.2) is 17.9 Å². The highest BCUT2D eigenvalue weighted by molar-refractivity contribution is 6.04. The van der Waals surface area contributed by atoms with E-state index in [1.807, 2.05) is 45.1 Å². The molecular weight excluding hydrogens is 294 g/mol. The van der Waals surface area contributed by atoms with E-state index in [1.165, 1.54) is 17.7 Å². The average Bonchev–Trinajstić information content (AvgIpc) is 2.60. The van der Waals surface area contributed by atoms with Gasteiger partial charge in [0, 0.05) is 7.05 Å². The van der Waals surface area contributed by atoms with Crippen LogP contribution >= 0.6 is 0 Å². The van der Waals surface area contributed by atoms with Gasteiger partial charge < -0.3 is 5.11 Å². The van der Waals surface area contributed by atoms with Crippen LogP contribution in [-0.2, 0) is 0 Å². The predicted molar refractivity (Wildman–Crippen MR) is 111 cm³/mol. The number of aliphatic imine (C=N–C) groups is 1. The lowest BCUT2D eigenvalue weighted by Gasteiger charge is -2.05. The zero-order chi connectivity index (χ0) is 18.8. The number of aliphatic hydroxyl groups excluding tert-OH is 1. The normalized spacial score (nSPS) is 13.5. The first-order valence-electron chi connectivity index (χ1n) is 8.42. The van der Waals surface area contributed by atoms with Crippen molar-refractivity contribution < 1.29 is 5.11 Å². The van der Waals surface area contributed by atoms with E-state index in [4.69, 9.17) is 0 Å². The summed E-state index contributed by atoms with van der Waals surface area (Å²) in [6, 6.07) is 0. The van der Waals surface area contributed by atoms with Gasteiger partial charge in [0.1, 0.15) is 5.76 Å². The fourth-order valence-electron chi connectivity index (χ4n) is 1.70. The van der Waals surface area contributed by atoms with Gasteiger partial charge in [0.15, 0.2) is 0 Å². The molecule has 1 N–H and O–H groups in total. The average molecular weight is 328 g/mol. The van der Waals surface area contributed by atoms with Gasteiger partial charge in [-0.3, -0.25) is 4.99 Å². The van der Waals surface area contributed by atoms with E-state index >= 15 is 0 Å². The second-order valence-electron chi connectivity index (χ2n) is 4.59. The molecule has 0 unspecified atom stereocenters. The van der Waals surface area contributed by atoms with E-state index in [-0.39, 0.29) is 5.76 Å². The van der Waals surface area contributed by atoms with Crippen molar-refractivity contribution in [2.75, 3.05) is 7.05 Å². The lowest BCUT2D eigenvalue weighted by Crippen LogP contribution is -1.89. The summed E-state index contributed by atoms with van der Waals surface area (Å²) in [6.07, 6.45) is 18.2. The molecule has 0 fully saturated rings. The van der Waals surface area contributed by atoms with E-state index in [1.54, 1.807) is 19.2 Å². The highest BCUT2D eigenvalue weighted by Crippen LogP contribution is 2.16. The number of rotatable bonds is 9. The van der Waals surface area contributed by atoms with Crippen LogP contribution in [0.4, 0.5) is 0 Å². The first kappa shape index (κ1) is 23.9. The second-order valence-corrected chi connectivity index (χ2v) is 4.59. The molecule has 24 heavy (non-hydrogen) atoms. The lowest BCUT2D eigenvalue weighted by molar-refractivity contribution is 0.433. The molecule has 0 radical (unpaired) electrons. The monoisotopic (exact) mass is 327 g/mol. The van der Waals surface area contributed by atoms with E-state index in [0.29, 0.717) is 0 Å². The van der Waals surface area contributed by atoms with E-state index in [2.05, 4.69) is 31.2 Å². The van der Waals surface area contributed by atoms with Crippen LogP contribution in [0.25, 0.3) is 0 Å². The predicted octanol–water partition coefficient (Wildman–Crippen LogP) is 6.68. The van der Waals surface area contributed by atoms with Gasteiger partial charge in [-0.15, -0.1) is 0 Å². The zero-order valence-corrected chi connectivity index (χ0v) is 15.9. The highest BCUT2D eigenvalue weighted by Gasteiger charge is 1.97. The molecule has 0 aliphatic heterocycles. The maximum Gasteiger partial charge on any atom is 0.115 e. The molecule has 2 heteroatoms. The van der Waals surface area contributed by atoms with E-state index in [0.717, 1.165) is 24.1 Å². The van der Waals surface area contributed by atoms with Crippen LogP contribution in [0.2, 0.25) is 0 Å². The Balaban J connectivity index is 0. The zero-order valence-electron chi connectivity index (χ0n) is 15.9. The Kier molecular flexibility index (Phi) is 16.9. The molecule has 0 spiro atoms. The maximum atomic E-state index is 9.49. The van der Waals surface area contributed by atoms with E-state index < -0.39 is 0 Å². The minimum atomic E-state index is 0.150. The number of nitrogens with zero attached hydrogens (tertiary/aromatic N) is 1. The van der Waals surface area contributed by atoms with Crippen LogP contribution in [0.3, 0.4) is 0 Å². The van der Waals surface area contributed by atoms with Gasteiger partial charge in [0.2, 0.25) is 0 Å². The third-order valence-corrected chi connectivity index (χ3v) is 2.95. The summed E-state index contributed by atoms with van der Waals surface area (Å²) in [6.45, 7) is 15.8. The molecule has 0 bridgehead atoms. The van der Waals surface area contributed by atoms with Crippen LogP contribution in [0, 0.1) is 0 Å². The molecule has 0 saturated heterocycles. The Labute approximate surface area is 148 Å². The summed E-state index contributed by atoms with van der Waals surface area (Å²) in [5.74, 6) is 0.150. The summed E-state index contributed by atoms with van der Waals surface area (Å²) in [5, 5.41) is 9.49. The van der Waals surface area contributed by atoms with E-state index in [9.17, 15) is 5.11 Å². The fourth-order valence-corrected chi connectivity index (χ4v) is 1.70. The summed E-state index contributed by atoms with van der Waals surface area (Å²) < 4.78 is 0. The second kappa shape index (κ2) is 17.0. The number of hydrogen-bond acceptors (Lipinski definition) is 2. The van der Waals surface area contributed by atoms with Crippen molar-refractivity contribution in [1.82, 2.24) is 0 Å². The van der Waals surface area contributed by atoms with Gasteiger partial charge in [-0.25, -0.2) is 0 Å². The summed E-state index contributed by atoms with van der Waals surface area (Å²) in [5.41, 5.74) is 3.14. The van der Waals surface area contributed by atoms with Crippen molar-refractivity contribution in [2.45, 2.75) is 40.5 Å². The number of hydrogen-bond donors (Lipinski definition) is 1. The van der Waals surface area contributed by atoms with Crippen molar-refractivity contribution in [1.29, 1.82) is 0 Å². The molecule has 0 rings (SSSR count).